The minimum Gasteiger partial charge on any atom is -0.278 e. The van der Waals surface area contributed by atoms with E-state index in [4.69, 9.17) is 0 Å². The quantitative estimate of drug-likeness (QED) is 0.566. The van der Waals surface area contributed by atoms with Gasteiger partial charge in [-0.15, -0.1) is 0 Å². The number of para-hydroxylation sites is 1. The van der Waals surface area contributed by atoms with Crippen LogP contribution in [0.2, 0.25) is 0 Å². The second-order valence-corrected chi connectivity index (χ2v) is 6.32. The van der Waals surface area contributed by atoms with Crippen molar-refractivity contribution >= 4 is 32.6 Å². The molecule has 0 radical (unpaired) electrons. The lowest BCUT2D eigenvalue weighted by atomic mass is 10.2. The molecular formula is C18H13N5OS. The number of aromatic nitrogens is 4. The molecule has 6 nitrogen and oxygen atoms in total. The van der Waals surface area contributed by atoms with Gasteiger partial charge in [0.15, 0.2) is 5.13 Å². The van der Waals surface area contributed by atoms with E-state index in [0.29, 0.717) is 11.7 Å². The summed E-state index contributed by atoms with van der Waals surface area (Å²) in [5.74, 6) is -0.240. The number of fused-ring (bicyclic) bond motifs is 1. The van der Waals surface area contributed by atoms with Crippen LogP contribution < -0.4 is 4.90 Å². The van der Waals surface area contributed by atoms with E-state index in [9.17, 15) is 4.79 Å². The molecule has 122 valence electrons. The lowest BCUT2D eigenvalue weighted by Gasteiger charge is -2.19. The molecule has 0 aliphatic heterocycles. The van der Waals surface area contributed by atoms with Gasteiger partial charge >= 0.3 is 0 Å². The van der Waals surface area contributed by atoms with Crippen molar-refractivity contribution in [2.45, 2.75) is 6.54 Å². The fourth-order valence-corrected chi connectivity index (χ4v) is 3.39. The second-order valence-electron chi connectivity index (χ2n) is 5.31. The molecule has 0 aliphatic carbocycles. The second kappa shape index (κ2) is 6.74. The third-order valence-corrected chi connectivity index (χ3v) is 4.66. The van der Waals surface area contributed by atoms with Gasteiger partial charge in [0.25, 0.3) is 5.91 Å². The van der Waals surface area contributed by atoms with E-state index >= 15 is 0 Å². The lowest BCUT2D eigenvalue weighted by Crippen LogP contribution is -2.31. The first-order valence-electron chi connectivity index (χ1n) is 7.63. The Morgan fingerprint density at radius 3 is 2.64 bits per heavy atom. The Bertz CT molecular complexity index is 971. The SMILES string of the molecule is O=C(c1cnccn1)N(Cc1cccnc1)c1nc2ccccc2s1. The number of rotatable bonds is 4. The molecular weight excluding hydrogens is 334 g/mol. The van der Waals surface area contributed by atoms with Crippen LogP contribution in [-0.2, 0) is 6.54 Å². The summed E-state index contributed by atoms with van der Waals surface area (Å²) in [5.41, 5.74) is 2.07. The molecule has 0 aliphatic rings. The topological polar surface area (TPSA) is 71.9 Å². The van der Waals surface area contributed by atoms with Crippen LogP contribution in [0.4, 0.5) is 5.13 Å². The first kappa shape index (κ1) is 15.3. The van der Waals surface area contributed by atoms with Crippen molar-refractivity contribution in [1.82, 2.24) is 19.9 Å². The van der Waals surface area contributed by atoms with Crippen molar-refractivity contribution in [3.8, 4) is 0 Å². The van der Waals surface area contributed by atoms with Crippen LogP contribution in [0.15, 0.2) is 67.4 Å². The molecule has 3 heterocycles. The van der Waals surface area contributed by atoms with Gasteiger partial charge in [0.05, 0.1) is 23.0 Å². The average Bonchev–Trinajstić information content (AvgIpc) is 3.11. The number of benzene rings is 1. The number of anilines is 1. The van der Waals surface area contributed by atoms with E-state index in [1.54, 1.807) is 23.5 Å². The van der Waals surface area contributed by atoms with E-state index in [-0.39, 0.29) is 11.6 Å². The van der Waals surface area contributed by atoms with E-state index in [0.717, 1.165) is 15.8 Å². The molecule has 1 aromatic carbocycles. The fourth-order valence-electron chi connectivity index (χ4n) is 2.42. The molecule has 7 heteroatoms. The van der Waals surface area contributed by atoms with Crippen LogP contribution >= 0.6 is 11.3 Å². The molecule has 0 spiro atoms. The van der Waals surface area contributed by atoms with Gasteiger partial charge in [-0.05, 0) is 23.8 Å². The van der Waals surface area contributed by atoms with Crippen molar-refractivity contribution in [1.29, 1.82) is 0 Å². The number of carbonyl (C=O) groups is 1. The fraction of sp³-hybridized carbons (Fsp3) is 0.0556. The Hall–Kier alpha value is -3.19. The molecule has 0 saturated heterocycles. The Labute approximate surface area is 147 Å². The summed E-state index contributed by atoms with van der Waals surface area (Å²) in [5, 5.41) is 0.626. The minimum atomic E-state index is -0.240. The standard InChI is InChI=1S/C18H13N5OS/c24-17(15-11-20-8-9-21-15)23(12-13-4-3-7-19-10-13)18-22-14-5-1-2-6-16(14)25-18/h1-11H,12H2. The highest BCUT2D eigenvalue weighted by molar-refractivity contribution is 7.22. The number of thiazole rings is 1. The van der Waals surface area contributed by atoms with Gasteiger partial charge in [-0.2, -0.15) is 0 Å². The maximum Gasteiger partial charge on any atom is 0.280 e. The minimum absolute atomic E-state index is 0.240. The van der Waals surface area contributed by atoms with Crippen LogP contribution in [-0.4, -0.2) is 25.8 Å². The zero-order valence-corrected chi connectivity index (χ0v) is 13.9. The molecule has 1 amide bonds. The van der Waals surface area contributed by atoms with Gasteiger partial charge in [0.1, 0.15) is 5.69 Å². The highest BCUT2D eigenvalue weighted by Crippen LogP contribution is 2.30. The van der Waals surface area contributed by atoms with E-state index in [1.807, 2.05) is 36.4 Å². The third-order valence-electron chi connectivity index (χ3n) is 3.60. The van der Waals surface area contributed by atoms with Crippen LogP contribution in [0, 0.1) is 0 Å². The zero-order valence-electron chi connectivity index (χ0n) is 13.1. The molecule has 25 heavy (non-hydrogen) atoms. The predicted molar refractivity (Wildman–Crippen MR) is 96.4 cm³/mol. The van der Waals surface area contributed by atoms with E-state index in [1.165, 1.54) is 23.7 Å². The van der Waals surface area contributed by atoms with E-state index in [2.05, 4.69) is 19.9 Å². The average molecular weight is 347 g/mol. The molecule has 4 rings (SSSR count). The third kappa shape index (κ3) is 3.22. The van der Waals surface area contributed by atoms with E-state index < -0.39 is 0 Å². The molecule has 0 fully saturated rings. The summed E-state index contributed by atoms with van der Waals surface area (Å²) in [6, 6.07) is 11.6. The first-order chi connectivity index (χ1) is 12.3. The number of hydrogen-bond donors (Lipinski definition) is 0. The van der Waals surface area contributed by atoms with Gasteiger partial charge < -0.3 is 0 Å². The Balaban J connectivity index is 1.76. The normalized spacial score (nSPS) is 10.7. The summed E-state index contributed by atoms with van der Waals surface area (Å²) >= 11 is 1.47. The summed E-state index contributed by atoms with van der Waals surface area (Å²) in [4.78, 5) is 31.5. The highest BCUT2D eigenvalue weighted by Gasteiger charge is 2.22. The largest absolute Gasteiger partial charge is 0.280 e. The number of hydrogen-bond acceptors (Lipinski definition) is 6. The maximum atomic E-state index is 13.0. The highest BCUT2D eigenvalue weighted by atomic mass is 32.1. The van der Waals surface area contributed by atoms with Crippen LogP contribution in [0.1, 0.15) is 16.1 Å². The number of pyridine rings is 1. The predicted octanol–water partition coefficient (Wildman–Crippen LogP) is 3.33. The zero-order chi connectivity index (χ0) is 17.1. The number of amides is 1. The van der Waals surface area contributed by atoms with Crippen molar-refractivity contribution in [3.63, 3.8) is 0 Å². The van der Waals surface area contributed by atoms with Gasteiger partial charge in [0.2, 0.25) is 0 Å². The van der Waals surface area contributed by atoms with Crippen molar-refractivity contribution in [3.05, 3.63) is 78.6 Å². The molecule has 0 N–H and O–H groups in total. The smallest absolute Gasteiger partial charge is 0.278 e. The monoisotopic (exact) mass is 347 g/mol. The molecule has 0 saturated carbocycles. The summed E-state index contributed by atoms with van der Waals surface area (Å²) in [6.45, 7) is 0.364. The molecule has 4 aromatic rings. The molecule has 0 bridgehead atoms. The van der Waals surface area contributed by atoms with Gasteiger partial charge in [-0.1, -0.05) is 29.5 Å². The van der Waals surface area contributed by atoms with Crippen LogP contribution in [0.3, 0.4) is 0 Å². The molecule has 0 unspecified atom stereocenters. The van der Waals surface area contributed by atoms with Crippen molar-refractivity contribution < 1.29 is 4.79 Å². The summed E-state index contributed by atoms with van der Waals surface area (Å²) < 4.78 is 1.03. The summed E-state index contributed by atoms with van der Waals surface area (Å²) in [6.07, 6.45) is 7.96. The first-order valence-corrected chi connectivity index (χ1v) is 8.45. The Morgan fingerprint density at radius 1 is 1.00 bits per heavy atom. The Kier molecular flexibility index (Phi) is 4.14. The lowest BCUT2D eigenvalue weighted by molar-refractivity contribution is 0.0980. The number of carbonyl (C=O) groups excluding carboxylic acids is 1. The van der Waals surface area contributed by atoms with Gasteiger partial charge in [-0.25, -0.2) is 9.97 Å². The van der Waals surface area contributed by atoms with Crippen molar-refractivity contribution in [2.24, 2.45) is 0 Å². The van der Waals surface area contributed by atoms with Crippen LogP contribution in [0.5, 0.6) is 0 Å². The molecule has 0 atom stereocenters. The maximum absolute atomic E-state index is 13.0. The number of nitrogens with zero attached hydrogens (tertiary/aromatic N) is 5. The van der Waals surface area contributed by atoms with Crippen molar-refractivity contribution in [2.75, 3.05) is 4.90 Å². The van der Waals surface area contributed by atoms with Gasteiger partial charge in [0, 0.05) is 24.8 Å². The Morgan fingerprint density at radius 2 is 1.88 bits per heavy atom. The molecule has 3 aromatic heterocycles. The summed E-state index contributed by atoms with van der Waals surface area (Å²) in [7, 11) is 0. The van der Waals surface area contributed by atoms with Gasteiger partial charge in [-0.3, -0.25) is 19.7 Å². The van der Waals surface area contributed by atoms with Crippen LogP contribution in [0.25, 0.3) is 10.2 Å².